The largest absolute Gasteiger partial charge is 0.347 e. The predicted molar refractivity (Wildman–Crippen MR) is 54.7 cm³/mol. The molecular weight excluding hydrogens is 164 g/mol. The average Bonchev–Trinajstić information content (AvgIpc) is 2.00. The van der Waals surface area contributed by atoms with Crippen LogP contribution in [0.25, 0.3) is 0 Å². The average molecular weight is 185 g/mol. The third-order valence-electron chi connectivity index (χ3n) is 1.90. The minimum absolute atomic E-state index is 0.0984. The molecule has 3 heteroatoms. The van der Waals surface area contributed by atoms with E-state index in [0.29, 0.717) is 0 Å². The van der Waals surface area contributed by atoms with Crippen LogP contribution in [0.15, 0.2) is 12.7 Å². The number of carbonyl (C=O) groups is 1. The molecule has 0 aliphatic rings. The van der Waals surface area contributed by atoms with E-state index in [1.165, 1.54) is 11.0 Å². The maximum Gasteiger partial charge on any atom is 0.243 e. The molecule has 0 aromatic carbocycles. The minimum Gasteiger partial charge on any atom is -0.347 e. The second-order valence-corrected chi connectivity index (χ2v) is 4.28. The predicted octanol–water partition coefficient (Wildman–Crippen LogP) is -0.398. The molecule has 0 heterocycles. The molecule has 0 unspecified atom stereocenters. The fourth-order valence-corrected chi connectivity index (χ4v) is 1.01. The molecule has 0 atom stereocenters. The number of rotatable bonds is 5. The summed E-state index contributed by atoms with van der Waals surface area (Å²) in [5.41, 5.74) is -0.136. The number of hydrogen-bond acceptors (Lipinski definition) is 1. The smallest absolute Gasteiger partial charge is 0.243 e. The molecule has 0 saturated heterocycles. The Morgan fingerprint density at radius 2 is 2.08 bits per heavy atom. The van der Waals surface area contributed by atoms with Crippen LogP contribution in [0, 0.1) is 0 Å². The molecule has 3 nitrogen and oxygen atoms in total. The third-order valence-corrected chi connectivity index (χ3v) is 1.90. The summed E-state index contributed by atoms with van der Waals surface area (Å²) in [6, 6.07) is 0. The van der Waals surface area contributed by atoms with Gasteiger partial charge in [-0.1, -0.05) is 6.58 Å². The molecule has 0 aliphatic heterocycles. The fraction of sp³-hybridized carbons (Fsp3) is 0.700. The summed E-state index contributed by atoms with van der Waals surface area (Å²) in [5, 5.41) is 2.89. The summed E-state index contributed by atoms with van der Waals surface area (Å²) < 4.78 is 0. The van der Waals surface area contributed by atoms with E-state index in [-0.39, 0.29) is 11.4 Å². The van der Waals surface area contributed by atoms with Crippen molar-refractivity contribution < 1.29 is 9.69 Å². The Morgan fingerprint density at radius 1 is 1.54 bits per heavy atom. The second kappa shape index (κ2) is 5.02. The van der Waals surface area contributed by atoms with Gasteiger partial charge >= 0.3 is 0 Å². The van der Waals surface area contributed by atoms with Crippen molar-refractivity contribution in [3.63, 3.8) is 0 Å². The molecule has 0 aromatic rings. The zero-order valence-electron chi connectivity index (χ0n) is 9.11. The van der Waals surface area contributed by atoms with Gasteiger partial charge < -0.3 is 10.2 Å². The van der Waals surface area contributed by atoms with Gasteiger partial charge in [-0.05, 0) is 19.9 Å². The van der Waals surface area contributed by atoms with Gasteiger partial charge in [-0.2, -0.15) is 0 Å². The Hall–Kier alpha value is -0.830. The summed E-state index contributed by atoms with van der Waals surface area (Å²) >= 11 is 0. The number of hydrogen-bond donors (Lipinski definition) is 2. The van der Waals surface area contributed by atoms with Crippen molar-refractivity contribution in [1.29, 1.82) is 0 Å². The van der Waals surface area contributed by atoms with Crippen molar-refractivity contribution in [2.75, 3.05) is 20.6 Å². The van der Waals surface area contributed by atoms with Crippen LogP contribution in [0.4, 0.5) is 0 Å². The molecule has 0 radical (unpaired) electrons. The zero-order chi connectivity index (χ0) is 10.5. The van der Waals surface area contributed by atoms with Crippen molar-refractivity contribution in [2.24, 2.45) is 0 Å². The summed E-state index contributed by atoms with van der Waals surface area (Å²) in [7, 11) is 4.21. The van der Waals surface area contributed by atoms with Gasteiger partial charge in [-0.25, -0.2) is 0 Å². The Kier molecular flexibility index (Phi) is 4.70. The Labute approximate surface area is 80.8 Å². The summed E-state index contributed by atoms with van der Waals surface area (Å²) in [5.74, 6) is -0.0984. The Bertz CT molecular complexity index is 185. The van der Waals surface area contributed by atoms with E-state index in [0.717, 1.165) is 13.0 Å². The Morgan fingerprint density at radius 3 is 2.46 bits per heavy atom. The lowest BCUT2D eigenvalue weighted by molar-refractivity contribution is -0.858. The maximum atomic E-state index is 11.0. The first-order valence-corrected chi connectivity index (χ1v) is 4.61. The van der Waals surface area contributed by atoms with E-state index in [1.807, 2.05) is 13.8 Å². The van der Waals surface area contributed by atoms with Crippen LogP contribution in [0.1, 0.15) is 20.3 Å². The lowest BCUT2D eigenvalue weighted by atomic mass is 10.0. The number of nitrogens with one attached hydrogen (secondary N) is 2. The monoisotopic (exact) mass is 185 g/mol. The van der Waals surface area contributed by atoms with E-state index < -0.39 is 0 Å². The SMILES string of the molecule is C=CC(=O)NC(C)(C)CC[NH+](C)C. The molecule has 0 spiro atoms. The molecule has 0 aliphatic carbocycles. The van der Waals surface area contributed by atoms with Gasteiger partial charge in [-0.3, -0.25) is 4.79 Å². The molecule has 76 valence electrons. The quantitative estimate of drug-likeness (QED) is 0.562. The van der Waals surface area contributed by atoms with Crippen LogP contribution in [0.3, 0.4) is 0 Å². The minimum atomic E-state index is -0.136. The van der Waals surface area contributed by atoms with Crippen molar-refractivity contribution in [3.05, 3.63) is 12.7 Å². The molecule has 13 heavy (non-hydrogen) atoms. The third kappa shape index (κ3) is 6.34. The van der Waals surface area contributed by atoms with Gasteiger partial charge in [-0.15, -0.1) is 0 Å². The summed E-state index contributed by atoms with van der Waals surface area (Å²) in [6.45, 7) is 8.52. The van der Waals surface area contributed by atoms with E-state index in [2.05, 4.69) is 26.0 Å². The fourth-order valence-electron chi connectivity index (χ4n) is 1.01. The molecule has 0 rings (SSSR count). The second-order valence-electron chi connectivity index (χ2n) is 4.28. The van der Waals surface area contributed by atoms with Gasteiger partial charge in [0.05, 0.1) is 20.6 Å². The first kappa shape index (κ1) is 12.2. The molecule has 1 amide bonds. The van der Waals surface area contributed by atoms with Crippen molar-refractivity contribution in [3.8, 4) is 0 Å². The highest BCUT2D eigenvalue weighted by molar-refractivity contribution is 5.87. The highest BCUT2D eigenvalue weighted by Gasteiger charge is 2.19. The summed E-state index contributed by atoms with van der Waals surface area (Å²) in [6.07, 6.45) is 2.28. The molecule has 2 N–H and O–H groups in total. The lowest BCUT2D eigenvalue weighted by Crippen LogP contribution is -3.06. The van der Waals surface area contributed by atoms with Crippen molar-refractivity contribution >= 4 is 5.91 Å². The van der Waals surface area contributed by atoms with Gasteiger partial charge in [0.2, 0.25) is 5.91 Å². The highest BCUT2D eigenvalue weighted by Crippen LogP contribution is 2.05. The zero-order valence-corrected chi connectivity index (χ0v) is 9.11. The van der Waals surface area contributed by atoms with Gasteiger partial charge in [0.15, 0.2) is 0 Å². The first-order chi connectivity index (χ1) is 5.87. The number of quaternary nitrogens is 1. The van der Waals surface area contributed by atoms with Crippen LogP contribution in [-0.4, -0.2) is 32.1 Å². The van der Waals surface area contributed by atoms with Gasteiger partial charge in [0, 0.05) is 12.0 Å². The lowest BCUT2D eigenvalue weighted by Gasteiger charge is -2.25. The molecular formula is C10H21N2O+. The molecule has 0 aromatic heterocycles. The van der Waals surface area contributed by atoms with Crippen LogP contribution in [0.2, 0.25) is 0 Å². The van der Waals surface area contributed by atoms with Crippen molar-refractivity contribution in [1.82, 2.24) is 5.32 Å². The van der Waals surface area contributed by atoms with E-state index in [4.69, 9.17) is 0 Å². The van der Waals surface area contributed by atoms with Crippen LogP contribution in [-0.2, 0) is 4.79 Å². The normalized spacial score (nSPS) is 11.5. The number of carbonyl (C=O) groups excluding carboxylic acids is 1. The highest BCUT2D eigenvalue weighted by atomic mass is 16.1. The van der Waals surface area contributed by atoms with Crippen molar-refractivity contribution in [2.45, 2.75) is 25.8 Å². The van der Waals surface area contributed by atoms with Gasteiger partial charge in [0.25, 0.3) is 0 Å². The molecule has 0 fully saturated rings. The topological polar surface area (TPSA) is 33.5 Å². The van der Waals surface area contributed by atoms with E-state index in [1.54, 1.807) is 0 Å². The molecule has 0 saturated carbocycles. The summed E-state index contributed by atoms with van der Waals surface area (Å²) in [4.78, 5) is 12.4. The van der Waals surface area contributed by atoms with Crippen LogP contribution in [0.5, 0.6) is 0 Å². The first-order valence-electron chi connectivity index (χ1n) is 4.61. The maximum absolute atomic E-state index is 11.0. The van der Waals surface area contributed by atoms with E-state index in [9.17, 15) is 4.79 Å². The van der Waals surface area contributed by atoms with Crippen LogP contribution >= 0.6 is 0 Å². The number of amides is 1. The van der Waals surface area contributed by atoms with Gasteiger partial charge in [0.1, 0.15) is 0 Å². The standard InChI is InChI=1S/C10H20N2O/c1-6-9(13)11-10(2,3)7-8-12(4)5/h6H,1,7-8H2,2-5H3,(H,11,13)/p+1. The van der Waals surface area contributed by atoms with Crippen LogP contribution < -0.4 is 10.2 Å². The molecule has 0 bridgehead atoms. The van der Waals surface area contributed by atoms with E-state index >= 15 is 0 Å². The Balaban J connectivity index is 3.92.